The van der Waals surface area contributed by atoms with E-state index in [1.807, 2.05) is 0 Å². The Morgan fingerprint density at radius 1 is 1.50 bits per heavy atom. The first-order valence-corrected chi connectivity index (χ1v) is 4.69. The van der Waals surface area contributed by atoms with Gasteiger partial charge in [0.1, 0.15) is 18.6 Å². The second kappa shape index (κ2) is 4.52. The average Bonchev–Trinajstić information content (AvgIpc) is 2.72. The monoisotopic (exact) mass is 218 g/mol. The molecule has 16 heavy (non-hydrogen) atoms. The quantitative estimate of drug-likeness (QED) is 0.703. The molecular weight excluding hydrogens is 208 g/mol. The maximum atomic E-state index is 10.6. The molecule has 0 aliphatic heterocycles. The molecular formula is C10H10N4O2. The Balaban J connectivity index is 2.04. The topological polar surface area (TPSA) is 69.9 Å². The Labute approximate surface area is 91.8 Å². The van der Waals surface area contributed by atoms with E-state index in [-0.39, 0.29) is 6.61 Å². The first kappa shape index (κ1) is 10.3. The number of carbonyl (C=O) groups is 1. The summed E-state index contributed by atoms with van der Waals surface area (Å²) in [6.45, 7) is 0.270. The standard InChI is InChI=1S/C10H10N4O2/c1-14-10(11-12-13-14)7-16-9-4-2-3-8(5-9)6-15/h2-6H,7H2,1H3. The zero-order valence-electron chi connectivity index (χ0n) is 8.70. The van der Waals surface area contributed by atoms with Crippen LogP contribution >= 0.6 is 0 Å². The molecule has 0 aliphatic rings. The van der Waals surface area contributed by atoms with Gasteiger partial charge in [-0.15, -0.1) is 5.10 Å². The molecule has 6 heteroatoms. The largest absolute Gasteiger partial charge is 0.486 e. The van der Waals surface area contributed by atoms with Crippen LogP contribution in [-0.2, 0) is 13.7 Å². The molecule has 0 bridgehead atoms. The van der Waals surface area contributed by atoms with E-state index < -0.39 is 0 Å². The summed E-state index contributed by atoms with van der Waals surface area (Å²) >= 11 is 0. The van der Waals surface area contributed by atoms with Crippen molar-refractivity contribution < 1.29 is 9.53 Å². The minimum Gasteiger partial charge on any atom is -0.486 e. The molecule has 0 fully saturated rings. The third-order valence-electron chi connectivity index (χ3n) is 2.07. The highest BCUT2D eigenvalue weighted by atomic mass is 16.5. The van der Waals surface area contributed by atoms with Crippen LogP contribution in [0.3, 0.4) is 0 Å². The number of carbonyl (C=O) groups excluding carboxylic acids is 1. The summed E-state index contributed by atoms with van der Waals surface area (Å²) in [7, 11) is 1.74. The fourth-order valence-electron chi connectivity index (χ4n) is 1.20. The Morgan fingerprint density at radius 2 is 2.38 bits per heavy atom. The van der Waals surface area contributed by atoms with Gasteiger partial charge in [0.15, 0.2) is 5.82 Å². The normalized spacial score (nSPS) is 10.1. The summed E-state index contributed by atoms with van der Waals surface area (Å²) in [5.74, 6) is 1.24. The summed E-state index contributed by atoms with van der Waals surface area (Å²) < 4.78 is 6.98. The van der Waals surface area contributed by atoms with E-state index in [2.05, 4.69) is 15.5 Å². The van der Waals surface area contributed by atoms with Crippen LogP contribution < -0.4 is 4.74 Å². The lowest BCUT2D eigenvalue weighted by Crippen LogP contribution is -2.04. The van der Waals surface area contributed by atoms with Crippen LogP contribution in [0.5, 0.6) is 5.75 Å². The number of rotatable bonds is 4. The van der Waals surface area contributed by atoms with Gasteiger partial charge in [0.2, 0.25) is 0 Å². The van der Waals surface area contributed by atoms with Crippen molar-refractivity contribution in [2.24, 2.45) is 7.05 Å². The first-order valence-electron chi connectivity index (χ1n) is 4.69. The molecule has 1 heterocycles. The summed E-state index contributed by atoms with van der Waals surface area (Å²) in [4.78, 5) is 10.6. The van der Waals surface area contributed by atoms with Crippen LogP contribution in [0.1, 0.15) is 16.2 Å². The van der Waals surface area contributed by atoms with Crippen molar-refractivity contribution in [3.05, 3.63) is 35.7 Å². The van der Waals surface area contributed by atoms with E-state index in [9.17, 15) is 4.79 Å². The van der Waals surface area contributed by atoms with Gasteiger partial charge in [-0.05, 0) is 22.6 Å². The van der Waals surface area contributed by atoms with Crippen LogP contribution in [0.25, 0.3) is 0 Å². The van der Waals surface area contributed by atoms with Crippen molar-refractivity contribution in [1.82, 2.24) is 20.2 Å². The fraction of sp³-hybridized carbons (Fsp3) is 0.200. The minimum atomic E-state index is 0.270. The molecule has 0 spiro atoms. The van der Waals surface area contributed by atoms with E-state index in [0.29, 0.717) is 17.1 Å². The van der Waals surface area contributed by atoms with Crippen LogP contribution in [0, 0.1) is 0 Å². The summed E-state index contributed by atoms with van der Waals surface area (Å²) in [6, 6.07) is 6.91. The van der Waals surface area contributed by atoms with Crippen LogP contribution in [0.15, 0.2) is 24.3 Å². The summed E-state index contributed by atoms with van der Waals surface area (Å²) in [6.07, 6.45) is 0.775. The molecule has 0 atom stereocenters. The number of nitrogens with zero attached hydrogens (tertiary/aromatic N) is 4. The molecule has 2 aromatic rings. The summed E-state index contributed by atoms with van der Waals surface area (Å²) in [5, 5.41) is 11.0. The lowest BCUT2D eigenvalue weighted by molar-refractivity contribution is 0.112. The lowest BCUT2D eigenvalue weighted by atomic mass is 10.2. The number of aryl methyl sites for hydroxylation is 1. The van der Waals surface area contributed by atoms with E-state index in [0.717, 1.165) is 6.29 Å². The third-order valence-corrected chi connectivity index (χ3v) is 2.07. The number of tetrazole rings is 1. The SMILES string of the molecule is Cn1nnnc1COc1cccc(C=O)c1. The predicted molar refractivity (Wildman–Crippen MR) is 55.0 cm³/mol. The van der Waals surface area contributed by atoms with E-state index >= 15 is 0 Å². The molecule has 6 nitrogen and oxygen atoms in total. The molecule has 1 aromatic carbocycles. The smallest absolute Gasteiger partial charge is 0.188 e. The molecule has 0 amide bonds. The number of aromatic nitrogens is 4. The maximum absolute atomic E-state index is 10.6. The number of aldehydes is 1. The van der Waals surface area contributed by atoms with Gasteiger partial charge in [-0.1, -0.05) is 12.1 Å². The Morgan fingerprint density at radius 3 is 3.06 bits per heavy atom. The maximum Gasteiger partial charge on any atom is 0.188 e. The molecule has 0 saturated carbocycles. The second-order valence-electron chi connectivity index (χ2n) is 3.20. The zero-order valence-corrected chi connectivity index (χ0v) is 8.70. The fourth-order valence-corrected chi connectivity index (χ4v) is 1.20. The van der Waals surface area contributed by atoms with Crippen LogP contribution in [0.4, 0.5) is 0 Å². The predicted octanol–water partition coefficient (Wildman–Crippen LogP) is 0.602. The zero-order chi connectivity index (χ0) is 11.4. The average molecular weight is 218 g/mol. The second-order valence-corrected chi connectivity index (χ2v) is 3.20. The van der Waals surface area contributed by atoms with Crippen molar-refractivity contribution in [2.75, 3.05) is 0 Å². The highest BCUT2D eigenvalue weighted by Crippen LogP contribution is 2.13. The van der Waals surface area contributed by atoms with Crippen LogP contribution in [0.2, 0.25) is 0 Å². The lowest BCUT2D eigenvalue weighted by Gasteiger charge is -2.04. The van der Waals surface area contributed by atoms with Gasteiger partial charge in [0.25, 0.3) is 0 Å². The molecule has 0 saturated heterocycles. The third kappa shape index (κ3) is 2.22. The molecule has 82 valence electrons. The van der Waals surface area contributed by atoms with Crippen molar-refractivity contribution in [1.29, 1.82) is 0 Å². The highest BCUT2D eigenvalue weighted by molar-refractivity contribution is 5.75. The molecule has 1 aromatic heterocycles. The van der Waals surface area contributed by atoms with Gasteiger partial charge in [-0.2, -0.15) is 0 Å². The van der Waals surface area contributed by atoms with Gasteiger partial charge in [-0.3, -0.25) is 4.79 Å². The Bertz CT molecular complexity index is 495. The first-order chi connectivity index (χ1) is 7.79. The highest BCUT2D eigenvalue weighted by Gasteiger charge is 2.03. The molecule has 0 unspecified atom stereocenters. The van der Waals surface area contributed by atoms with Gasteiger partial charge in [0.05, 0.1) is 0 Å². The van der Waals surface area contributed by atoms with E-state index in [1.54, 1.807) is 31.3 Å². The summed E-state index contributed by atoms with van der Waals surface area (Å²) in [5.41, 5.74) is 0.577. The number of hydrogen-bond donors (Lipinski definition) is 0. The van der Waals surface area contributed by atoms with E-state index in [4.69, 9.17) is 4.74 Å². The number of hydrogen-bond acceptors (Lipinski definition) is 5. The van der Waals surface area contributed by atoms with Crippen LogP contribution in [-0.4, -0.2) is 26.5 Å². The van der Waals surface area contributed by atoms with Gasteiger partial charge in [-0.25, -0.2) is 4.68 Å². The van der Waals surface area contributed by atoms with Gasteiger partial charge in [0, 0.05) is 12.6 Å². The molecule has 0 N–H and O–H groups in total. The Hall–Kier alpha value is -2.24. The molecule has 0 aliphatic carbocycles. The molecule has 2 rings (SSSR count). The Kier molecular flexibility index (Phi) is 2.90. The molecule has 0 radical (unpaired) electrons. The van der Waals surface area contributed by atoms with Crippen molar-refractivity contribution >= 4 is 6.29 Å². The van der Waals surface area contributed by atoms with E-state index in [1.165, 1.54) is 4.68 Å². The number of benzene rings is 1. The van der Waals surface area contributed by atoms with Crippen molar-refractivity contribution in [3.63, 3.8) is 0 Å². The van der Waals surface area contributed by atoms with Gasteiger partial charge >= 0.3 is 0 Å². The van der Waals surface area contributed by atoms with Crippen molar-refractivity contribution in [2.45, 2.75) is 6.61 Å². The van der Waals surface area contributed by atoms with Crippen molar-refractivity contribution in [3.8, 4) is 5.75 Å². The minimum absolute atomic E-state index is 0.270. The number of ether oxygens (including phenoxy) is 1. The van der Waals surface area contributed by atoms with Gasteiger partial charge < -0.3 is 4.74 Å².